The van der Waals surface area contributed by atoms with E-state index in [9.17, 15) is 14.0 Å². The molecule has 0 spiro atoms. The summed E-state index contributed by atoms with van der Waals surface area (Å²) in [6.07, 6.45) is 10.0. The fourth-order valence-electron chi connectivity index (χ4n) is 7.54. The summed E-state index contributed by atoms with van der Waals surface area (Å²) in [5.74, 6) is 2.75. The third-order valence-corrected chi connectivity index (χ3v) is 10.3. The Balaban J connectivity index is 1.43. The van der Waals surface area contributed by atoms with Gasteiger partial charge in [-0.2, -0.15) is 9.97 Å². The zero-order valence-corrected chi connectivity index (χ0v) is 30.4. The van der Waals surface area contributed by atoms with Gasteiger partial charge >= 0.3 is 12.2 Å². The van der Waals surface area contributed by atoms with Crippen molar-refractivity contribution in [2.75, 3.05) is 45.2 Å². The Morgan fingerprint density at radius 1 is 1.25 bits per heavy atom. The van der Waals surface area contributed by atoms with Gasteiger partial charge in [-0.25, -0.2) is 13.6 Å². The quantitative estimate of drug-likeness (QED) is 0.0999. The van der Waals surface area contributed by atoms with E-state index in [1.807, 2.05) is 41.8 Å². The summed E-state index contributed by atoms with van der Waals surface area (Å²) < 4.78 is 46.6. The van der Waals surface area contributed by atoms with Crippen molar-refractivity contribution in [1.29, 1.82) is 0 Å². The molecule has 1 aliphatic carbocycles. The summed E-state index contributed by atoms with van der Waals surface area (Å²) in [4.78, 5) is 40.7. The number of amides is 1. The highest BCUT2D eigenvalue weighted by Gasteiger charge is 2.41. The Bertz CT molecular complexity index is 1980. The number of hydrogen-bond donors (Lipinski definition) is 0. The molecule has 1 amide bonds. The number of nitrogens with zero attached hydrogens (tertiary/aromatic N) is 5. The number of rotatable bonds is 10. The molecule has 0 unspecified atom stereocenters. The predicted molar refractivity (Wildman–Crippen MR) is 197 cm³/mol. The molecule has 3 atom stereocenters. The highest BCUT2D eigenvalue weighted by atomic mass is 19.1. The second-order valence-corrected chi connectivity index (χ2v) is 14.4. The van der Waals surface area contributed by atoms with E-state index in [1.54, 1.807) is 32.0 Å². The third-order valence-electron chi connectivity index (χ3n) is 10.3. The van der Waals surface area contributed by atoms with Crippen molar-refractivity contribution in [1.82, 2.24) is 19.8 Å². The molecule has 52 heavy (non-hydrogen) atoms. The zero-order chi connectivity index (χ0) is 37.3. The molecular formula is C40H45F2N5O5. The Morgan fingerprint density at radius 3 is 2.73 bits per heavy atom. The van der Waals surface area contributed by atoms with Gasteiger partial charge in [-0.1, -0.05) is 18.6 Å². The van der Waals surface area contributed by atoms with E-state index in [-0.39, 0.29) is 42.0 Å². The number of hydrogen-bond acceptors (Lipinski definition) is 9. The van der Waals surface area contributed by atoms with Crippen molar-refractivity contribution in [3.05, 3.63) is 65.1 Å². The maximum Gasteiger partial charge on any atom is 0.514 e. The highest BCUT2D eigenvalue weighted by molar-refractivity contribution is 6.02. The average molecular weight is 714 g/mol. The number of anilines is 1. The van der Waals surface area contributed by atoms with Crippen molar-refractivity contribution in [3.63, 3.8) is 0 Å². The molecule has 6 rings (SSSR count). The van der Waals surface area contributed by atoms with Gasteiger partial charge in [0, 0.05) is 50.1 Å². The molecule has 10 nitrogen and oxygen atoms in total. The number of allylic oxidation sites excluding steroid dienone is 1. The van der Waals surface area contributed by atoms with Crippen LogP contribution in [0.5, 0.6) is 11.8 Å². The van der Waals surface area contributed by atoms with Gasteiger partial charge in [-0.3, -0.25) is 9.69 Å². The number of benzene rings is 2. The minimum atomic E-state index is -0.956. The molecule has 2 saturated heterocycles. The van der Waals surface area contributed by atoms with Crippen molar-refractivity contribution < 1.29 is 32.6 Å². The molecule has 0 N–H and O–H groups in total. The van der Waals surface area contributed by atoms with Crippen LogP contribution >= 0.6 is 0 Å². The van der Waals surface area contributed by atoms with Gasteiger partial charge < -0.3 is 24.0 Å². The van der Waals surface area contributed by atoms with Gasteiger partial charge in [0.15, 0.2) is 0 Å². The van der Waals surface area contributed by atoms with E-state index < -0.39 is 23.7 Å². The van der Waals surface area contributed by atoms with Crippen molar-refractivity contribution >= 4 is 40.3 Å². The molecule has 2 aliphatic heterocycles. The fraction of sp³-hybridized carbons (Fsp3) is 0.450. The number of ether oxygens (including phenoxy) is 3. The van der Waals surface area contributed by atoms with Gasteiger partial charge in [0.05, 0.1) is 22.9 Å². The van der Waals surface area contributed by atoms with Crippen LogP contribution in [0.25, 0.3) is 22.4 Å². The number of aromatic nitrogens is 2. The van der Waals surface area contributed by atoms with Crippen LogP contribution in [0.1, 0.15) is 68.8 Å². The van der Waals surface area contributed by atoms with Crippen LogP contribution < -0.4 is 14.4 Å². The van der Waals surface area contributed by atoms with Crippen molar-refractivity contribution in [2.45, 2.75) is 76.7 Å². The maximum absolute atomic E-state index is 15.2. The summed E-state index contributed by atoms with van der Waals surface area (Å²) in [7, 11) is 3.81. The molecule has 3 heterocycles. The van der Waals surface area contributed by atoms with Crippen LogP contribution in [0.15, 0.2) is 36.9 Å². The SMILES string of the molecule is C#Cc1c(F)ccc2cc(OC(=O)OC(C)C)cc(C3=Cc4nc(OC[C@]5(C)C[C@@H](F)CN5C)nc(N(C)C[C@@H]5CCCN5C(=O)C=C)c4CC3)c12. The smallest absolute Gasteiger partial charge is 0.461 e. The van der Waals surface area contributed by atoms with Gasteiger partial charge in [0.25, 0.3) is 0 Å². The first-order valence-electron chi connectivity index (χ1n) is 17.7. The Hall–Kier alpha value is -5.02. The van der Waals surface area contributed by atoms with Gasteiger partial charge in [-0.15, -0.1) is 6.42 Å². The molecule has 3 aliphatic rings. The molecule has 0 bridgehead atoms. The Kier molecular flexibility index (Phi) is 10.5. The van der Waals surface area contributed by atoms with Gasteiger partial charge in [0.1, 0.15) is 30.2 Å². The molecule has 0 radical (unpaired) electrons. The zero-order valence-electron chi connectivity index (χ0n) is 30.4. The largest absolute Gasteiger partial charge is 0.514 e. The first kappa shape index (κ1) is 36.8. The van der Waals surface area contributed by atoms with Crippen LogP contribution in [0.2, 0.25) is 0 Å². The van der Waals surface area contributed by atoms with Crippen molar-refractivity contribution in [3.8, 4) is 24.1 Å². The van der Waals surface area contributed by atoms with E-state index in [2.05, 4.69) is 12.5 Å². The van der Waals surface area contributed by atoms with E-state index in [1.165, 1.54) is 12.1 Å². The second-order valence-electron chi connectivity index (χ2n) is 14.4. The lowest BCUT2D eigenvalue weighted by atomic mass is 9.87. The molecule has 3 aromatic rings. The van der Waals surface area contributed by atoms with E-state index >= 15 is 4.39 Å². The molecule has 12 heteroatoms. The fourth-order valence-corrected chi connectivity index (χ4v) is 7.54. The summed E-state index contributed by atoms with van der Waals surface area (Å²) >= 11 is 0. The lowest BCUT2D eigenvalue weighted by Gasteiger charge is -2.32. The number of terminal acetylenes is 1. The molecule has 274 valence electrons. The molecule has 2 aromatic carbocycles. The third kappa shape index (κ3) is 7.46. The summed E-state index contributed by atoms with van der Waals surface area (Å²) in [5, 5.41) is 1.10. The summed E-state index contributed by atoms with van der Waals surface area (Å²) in [5.41, 5.74) is 2.42. The Morgan fingerprint density at radius 2 is 2.04 bits per heavy atom. The van der Waals surface area contributed by atoms with E-state index in [4.69, 9.17) is 30.6 Å². The van der Waals surface area contributed by atoms with Crippen LogP contribution in [-0.2, 0) is 16.0 Å². The standard InChI is InChI=1S/C40H45F2N5O5/c1-8-30-33(42)15-13-26-17-29(52-39(49)51-24(3)4)19-32(36(26)30)25-12-14-31-34(18-25)43-38(50-23-40(5)20-27(41)21-46(40)7)44-37(31)45(6)22-28-11-10-16-47(28)35(48)9-2/h1,9,13,15,17-19,24,27-28H,2,10-12,14,16,20-23H2,3-7H3/t27-,28+,40+/m1/s1. The Labute approximate surface area is 303 Å². The summed E-state index contributed by atoms with van der Waals surface area (Å²) in [6.45, 7) is 10.8. The van der Waals surface area contributed by atoms with Gasteiger partial charge in [0.2, 0.25) is 5.91 Å². The minimum Gasteiger partial charge on any atom is -0.461 e. The predicted octanol–water partition coefficient (Wildman–Crippen LogP) is 6.59. The highest BCUT2D eigenvalue weighted by Crippen LogP contribution is 2.41. The number of likely N-dealkylation sites (N-methyl/N-ethyl adjacent to an activating group) is 2. The topological polar surface area (TPSA) is 97.3 Å². The van der Waals surface area contributed by atoms with Crippen LogP contribution in [0, 0.1) is 18.2 Å². The van der Waals surface area contributed by atoms with Gasteiger partial charge in [-0.05, 0) is 100 Å². The number of carbonyl (C=O) groups is 2. The van der Waals surface area contributed by atoms with Crippen molar-refractivity contribution in [2.24, 2.45) is 0 Å². The molecule has 0 saturated carbocycles. The first-order chi connectivity index (χ1) is 24.8. The second kappa shape index (κ2) is 14.9. The molecule has 2 fully saturated rings. The molecular weight excluding hydrogens is 668 g/mol. The minimum absolute atomic E-state index is 0.0266. The monoisotopic (exact) mass is 713 g/mol. The van der Waals surface area contributed by atoms with E-state index in [0.29, 0.717) is 66.7 Å². The number of carbonyl (C=O) groups excluding carboxylic acids is 2. The first-order valence-corrected chi connectivity index (χ1v) is 17.7. The number of likely N-dealkylation sites (tertiary alicyclic amines) is 2. The molecule has 1 aromatic heterocycles. The lowest BCUT2D eigenvalue weighted by molar-refractivity contribution is -0.126. The van der Waals surface area contributed by atoms with Crippen LogP contribution in [0.4, 0.5) is 19.4 Å². The van der Waals surface area contributed by atoms with Crippen LogP contribution in [-0.4, -0.2) is 96.0 Å². The number of halogens is 2. The number of fused-ring (bicyclic) bond motifs is 2. The maximum atomic E-state index is 15.2. The van der Waals surface area contributed by atoms with Crippen LogP contribution in [0.3, 0.4) is 0 Å². The number of alkyl halides is 1. The normalized spacial score (nSPS) is 21.4. The van der Waals surface area contributed by atoms with E-state index in [0.717, 1.165) is 24.0 Å². The summed E-state index contributed by atoms with van der Waals surface area (Å²) in [6, 6.07) is 6.30. The average Bonchev–Trinajstić information content (AvgIpc) is 3.67. The lowest BCUT2D eigenvalue weighted by Crippen LogP contribution is -2.43.